The fraction of sp³-hybridized carbons (Fsp3) is 0.222. The van der Waals surface area contributed by atoms with Crippen LogP contribution in [0.25, 0.3) is 10.2 Å². The summed E-state index contributed by atoms with van der Waals surface area (Å²) in [6.45, 7) is 0.301. The van der Waals surface area contributed by atoms with Crippen LogP contribution in [0.2, 0.25) is 5.02 Å². The summed E-state index contributed by atoms with van der Waals surface area (Å²) in [6.07, 6.45) is 1.09. The molecule has 0 aliphatic carbocycles. The van der Waals surface area contributed by atoms with Gasteiger partial charge in [-0.25, -0.2) is 13.4 Å². The Morgan fingerprint density at radius 2 is 2.00 bits per heavy atom. The number of thiazole rings is 1. The van der Waals surface area contributed by atoms with Gasteiger partial charge in [-0.05, 0) is 55.3 Å². The number of benzene rings is 2. The lowest BCUT2D eigenvalue weighted by molar-refractivity contribution is -0.119. The molecular weight excluding hydrogens is 486 g/mol. The molecule has 1 aromatic heterocycles. The van der Waals surface area contributed by atoms with E-state index in [1.54, 1.807) is 0 Å². The van der Waals surface area contributed by atoms with Crippen molar-refractivity contribution in [3.05, 3.63) is 52.0 Å². The van der Waals surface area contributed by atoms with E-state index in [4.69, 9.17) is 11.6 Å². The van der Waals surface area contributed by atoms with Gasteiger partial charge in [0.2, 0.25) is 15.9 Å². The molecule has 1 unspecified atom stereocenters. The number of aromatic nitrogens is 1. The van der Waals surface area contributed by atoms with Crippen LogP contribution in [0.4, 0.5) is 5.13 Å². The molecule has 1 aliphatic rings. The smallest absolute Gasteiger partial charge is 0.244 e. The minimum absolute atomic E-state index is 0.126. The van der Waals surface area contributed by atoms with E-state index in [9.17, 15) is 13.2 Å². The third-order valence-corrected chi connectivity index (χ3v) is 8.11. The molecule has 10 heteroatoms. The first-order valence-electron chi connectivity index (χ1n) is 8.49. The van der Waals surface area contributed by atoms with Crippen molar-refractivity contribution < 1.29 is 13.2 Å². The summed E-state index contributed by atoms with van der Waals surface area (Å²) in [6, 6.07) is 10.9. The molecule has 0 saturated carbocycles. The second kappa shape index (κ2) is 7.72. The van der Waals surface area contributed by atoms with Crippen LogP contribution in [0.5, 0.6) is 0 Å². The highest BCUT2D eigenvalue weighted by Gasteiger charge is 2.39. The van der Waals surface area contributed by atoms with Gasteiger partial charge in [-0.15, -0.1) is 0 Å². The number of amides is 1. The Bertz CT molecular complexity index is 1150. The number of hydrogen-bond donors (Lipinski definition) is 1. The summed E-state index contributed by atoms with van der Waals surface area (Å²) in [5.74, 6) is -0.367. The maximum Gasteiger partial charge on any atom is 0.244 e. The van der Waals surface area contributed by atoms with E-state index in [-0.39, 0.29) is 10.8 Å². The highest BCUT2D eigenvalue weighted by Crippen LogP contribution is 2.31. The number of hydrogen-bond acceptors (Lipinski definition) is 5. The number of carbonyl (C=O) groups is 1. The van der Waals surface area contributed by atoms with Crippen LogP contribution in [0, 0.1) is 0 Å². The molecule has 1 fully saturated rings. The molecule has 0 spiro atoms. The second-order valence-electron chi connectivity index (χ2n) is 6.35. The molecule has 1 saturated heterocycles. The average Bonchev–Trinajstić information content (AvgIpc) is 3.28. The van der Waals surface area contributed by atoms with Gasteiger partial charge in [0.05, 0.1) is 15.1 Å². The van der Waals surface area contributed by atoms with E-state index < -0.39 is 16.1 Å². The molecule has 3 aromatic rings. The number of nitrogens with zero attached hydrogens (tertiary/aromatic N) is 2. The van der Waals surface area contributed by atoms with E-state index in [1.807, 2.05) is 18.2 Å². The number of nitrogens with one attached hydrogen (secondary N) is 1. The minimum Gasteiger partial charge on any atom is -0.301 e. The van der Waals surface area contributed by atoms with Crippen molar-refractivity contribution >= 4 is 70.1 Å². The number of halogens is 2. The lowest BCUT2D eigenvalue weighted by Gasteiger charge is -2.23. The molecule has 2 aromatic carbocycles. The van der Waals surface area contributed by atoms with E-state index in [2.05, 4.69) is 26.2 Å². The van der Waals surface area contributed by atoms with Crippen molar-refractivity contribution in [2.45, 2.75) is 23.8 Å². The third-order valence-electron chi connectivity index (χ3n) is 4.51. The maximum absolute atomic E-state index is 13.0. The van der Waals surface area contributed by atoms with Crippen molar-refractivity contribution in [2.24, 2.45) is 0 Å². The Morgan fingerprint density at radius 1 is 1.25 bits per heavy atom. The second-order valence-corrected chi connectivity index (χ2v) is 10.6. The highest BCUT2D eigenvalue weighted by atomic mass is 79.9. The van der Waals surface area contributed by atoms with Gasteiger partial charge in [0.25, 0.3) is 0 Å². The molecule has 1 N–H and O–H groups in total. The van der Waals surface area contributed by atoms with Gasteiger partial charge in [0.1, 0.15) is 6.04 Å². The van der Waals surface area contributed by atoms with Gasteiger partial charge in [-0.3, -0.25) is 4.79 Å². The van der Waals surface area contributed by atoms with Gasteiger partial charge >= 0.3 is 0 Å². The largest absolute Gasteiger partial charge is 0.301 e. The SMILES string of the molecule is O=C(Nc1nc2ccc(Br)cc2s1)C1CCCN1S(=O)(=O)c1ccc(Cl)cc1. The minimum atomic E-state index is -3.78. The van der Waals surface area contributed by atoms with Crippen LogP contribution in [0.3, 0.4) is 0 Å². The summed E-state index contributed by atoms with van der Waals surface area (Å²) >= 11 is 10.6. The van der Waals surface area contributed by atoms with Crippen LogP contribution in [-0.2, 0) is 14.8 Å². The number of rotatable bonds is 4. The van der Waals surface area contributed by atoms with Crippen molar-refractivity contribution in [3.8, 4) is 0 Å². The Morgan fingerprint density at radius 3 is 2.75 bits per heavy atom. The van der Waals surface area contributed by atoms with E-state index in [1.165, 1.54) is 39.9 Å². The highest BCUT2D eigenvalue weighted by molar-refractivity contribution is 9.10. The first kappa shape index (κ1) is 19.8. The quantitative estimate of drug-likeness (QED) is 0.572. The standard InChI is InChI=1S/C18H15BrClN3O3S2/c19-11-3-8-14-16(10-11)27-18(21-14)22-17(24)15-2-1-9-23(15)28(25,26)13-6-4-12(20)5-7-13/h3-8,10,15H,1-2,9H2,(H,21,22,24). The van der Waals surface area contributed by atoms with Gasteiger partial charge in [-0.2, -0.15) is 4.31 Å². The molecule has 4 rings (SSSR count). The van der Waals surface area contributed by atoms with Crippen LogP contribution in [0.1, 0.15) is 12.8 Å². The van der Waals surface area contributed by atoms with Gasteiger partial charge < -0.3 is 5.32 Å². The summed E-state index contributed by atoms with van der Waals surface area (Å²) in [5, 5.41) is 3.69. The monoisotopic (exact) mass is 499 g/mol. The van der Waals surface area contributed by atoms with Crippen LogP contribution >= 0.6 is 38.9 Å². The molecule has 146 valence electrons. The van der Waals surface area contributed by atoms with E-state index >= 15 is 0 Å². The average molecular weight is 501 g/mol. The maximum atomic E-state index is 13.0. The topological polar surface area (TPSA) is 79.4 Å². The van der Waals surface area contributed by atoms with Crippen LogP contribution < -0.4 is 5.32 Å². The van der Waals surface area contributed by atoms with Crippen molar-refractivity contribution in [3.63, 3.8) is 0 Å². The van der Waals surface area contributed by atoms with E-state index in [0.29, 0.717) is 29.5 Å². The summed E-state index contributed by atoms with van der Waals surface area (Å²) in [5.41, 5.74) is 0.778. The van der Waals surface area contributed by atoms with Gasteiger partial charge in [-0.1, -0.05) is 38.9 Å². The normalized spacial score (nSPS) is 17.9. The zero-order valence-electron chi connectivity index (χ0n) is 14.4. The molecule has 0 radical (unpaired) electrons. The zero-order valence-corrected chi connectivity index (χ0v) is 18.4. The van der Waals surface area contributed by atoms with Crippen molar-refractivity contribution in [1.29, 1.82) is 0 Å². The molecule has 2 heterocycles. The first-order valence-corrected chi connectivity index (χ1v) is 11.9. The fourth-order valence-corrected chi connectivity index (χ4v) is 6.38. The lowest BCUT2D eigenvalue weighted by atomic mass is 10.2. The third kappa shape index (κ3) is 3.81. The van der Waals surface area contributed by atoms with Crippen LogP contribution in [0.15, 0.2) is 51.8 Å². The summed E-state index contributed by atoms with van der Waals surface area (Å²) in [4.78, 5) is 17.3. The molecule has 1 atom stereocenters. The molecular formula is C18H15BrClN3O3S2. The van der Waals surface area contributed by atoms with E-state index in [0.717, 1.165) is 14.7 Å². The number of anilines is 1. The Labute approximate surface area is 179 Å². The van der Waals surface area contributed by atoms with Crippen molar-refractivity contribution in [2.75, 3.05) is 11.9 Å². The van der Waals surface area contributed by atoms with Crippen LogP contribution in [-0.4, -0.2) is 36.2 Å². The van der Waals surface area contributed by atoms with Gasteiger partial charge in [0.15, 0.2) is 5.13 Å². The predicted octanol–water partition coefficient (Wildman–Crippen LogP) is 4.50. The Kier molecular flexibility index (Phi) is 5.45. The molecule has 6 nitrogen and oxygen atoms in total. The fourth-order valence-electron chi connectivity index (χ4n) is 3.17. The number of fused-ring (bicyclic) bond motifs is 1. The lowest BCUT2D eigenvalue weighted by Crippen LogP contribution is -2.43. The van der Waals surface area contributed by atoms with Crippen molar-refractivity contribution in [1.82, 2.24) is 9.29 Å². The first-order chi connectivity index (χ1) is 13.3. The summed E-state index contributed by atoms with van der Waals surface area (Å²) < 4.78 is 29.1. The molecule has 0 bridgehead atoms. The van der Waals surface area contributed by atoms with Gasteiger partial charge in [0, 0.05) is 16.0 Å². The Balaban J connectivity index is 1.56. The zero-order chi connectivity index (χ0) is 19.9. The molecule has 28 heavy (non-hydrogen) atoms. The Hall–Kier alpha value is -1.52. The molecule has 1 aliphatic heterocycles. The predicted molar refractivity (Wildman–Crippen MR) is 114 cm³/mol. The number of sulfonamides is 1. The summed E-state index contributed by atoms with van der Waals surface area (Å²) in [7, 11) is -3.78. The molecule has 1 amide bonds. The number of carbonyl (C=O) groups excluding carboxylic acids is 1.